The Bertz CT molecular complexity index is 1830. The van der Waals surface area contributed by atoms with Gasteiger partial charge in [-0.3, -0.25) is 14.5 Å². The van der Waals surface area contributed by atoms with Crippen molar-refractivity contribution in [1.29, 1.82) is 0 Å². The third kappa shape index (κ3) is 7.74. The van der Waals surface area contributed by atoms with Crippen LogP contribution >= 0.6 is 22.9 Å². The van der Waals surface area contributed by atoms with Gasteiger partial charge in [0.25, 0.3) is 11.8 Å². The van der Waals surface area contributed by atoms with E-state index in [9.17, 15) is 19.5 Å². The molecule has 1 fully saturated rings. The number of thiazole rings is 1. The summed E-state index contributed by atoms with van der Waals surface area (Å²) in [5, 5.41) is 17.2. The van der Waals surface area contributed by atoms with Crippen LogP contribution in [0.4, 0.5) is 5.13 Å². The number of β-lactam (4-membered cyclic amide) rings is 1. The molecule has 0 saturated carbocycles. The number of aromatic nitrogens is 1. The second-order valence-corrected chi connectivity index (χ2v) is 13.9. The Kier molecular flexibility index (Phi) is 12.5. The smallest absolute Gasteiger partial charge is 0.353 e. The number of oxime groups is 1. The number of halogens is 1. The number of aliphatic carboxylic acids is 1. The number of hydrogen-bond donors (Lipinski definition) is 3. The van der Waals surface area contributed by atoms with Crippen LogP contribution in [0.3, 0.4) is 0 Å². The van der Waals surface area contributed by atoms with Crippen LogP contribution in [-0.2, 0) is 24.8 Å². The number of amides is 2. The fourth-order valence-electron chi connectivity index (χ4n) is 6.52. The molecule has 2 aliphatic rings. The Balaban J connectivity index is 0.000000679. The summed E-state index contributed by atoms with van der Waals surface area (Å²) >= 11 is 7.33. The Labute approximate surface area is 312 Å². The molecule has 1 saturated heterocycles. The van der Waals surface area contributed by atoms with Crippen LogP contribution in [0.5, 0.6) is 0 Å². The Morgan fingerprint density at radius 2 is 1.48 bits per heavy atom. The van der Waals surface area contributed by atoms with Gasteiger partial charge in [-0.1, -0.05) is 129 Å². The van der Waals surface area contributed by atoms with Gasteiger partial charge in [-0.15, -0.1) is 11.3 Å². The van der Waals surface area contributed by atoms with E-state index in [0.717, 1.165) is 21.6 Å². The molecule has 1 unspecified atom stereocenters. The third-order valence-electron chi connectivity index (χ3n) is 9.28. The molecule has 52 heavy (non-hydrogen) atoms. The SMILES string of the molecule is CCN(CC)CC.Cc1sc(N)nc1C(=NOC(c1ccccc1)(c1ccccc1)c1ccccc1)C(=O)N[C@H]1C(=O)N2C(C(=O)O)=C(Cl)CCC12. The normalized spacial score (nSPS) is 17.2. The predicted molar refractivity (Wildman–Crippen MR) is 204 cm³/mol. The van der Waals surface area contributed by atoms with Crippen LogP contribution in [-0.4, -0.2) is 75.1 Å². The monoisotopic (exact) mass is 742 g/mol. The molecule has 4 aromatic rings. The Morgan fingerprint density at radius 1 is 0.981 bits per heavy atom. The summed E-state index contributed by atoms with van der Waals surface area (Å²) < 4.78 is 0. The lowest BCUT2D eigenvalue weighted by Gasteiger charge is -2.49. The van der Waals surface area contributed by atoms with E-state index in [0.29, 0.717) is 11.3 Å². The molecule has 0 aliphatic carbocycles. The number of anilines is 1. The molecule has 4 N–H and O–H groups in total. The van der Waals surface area contributed by atoms with Crippen molar-refractivity contribution in [2.75, 3.05) is 25.4 Å². The van der Waals surface area contributed by atoms with E-state index in [1.807, 2.05) is 91.0 Å². The minimum Gasteiger partial charge on any atom is -0.477 e. The number of nitrogens with zero attached hydrogens (tertiary/aromatic N) is 4. The number of carboxylic acid groups (broad SMARTS) is 1. The standard InChI is InChI=1S/C33H28ClN5O5S.C6H15N/c1-19-25(37-32(35)45-19)27(29(40)36-26-24-18-17-23(34)28(31(42)43)39(24)30(26)41)38-44-33(20-11-5-2-6-12-20,21-13-7-3-8-14-21)22-15-9-4-10-16-22;1-4-7(5-2)6-3/h2-16,24,26H,17-18H2,1H3,(H2,35,37)(H,36,40)(H,42,43);4-6H2,1-3H3/t24?,26-;/m1./s1. The number of carboxylic acids is 1. The molecule has 6 rings (SSSR count). The lowest BCUT2D eigenvalue weighted by Crippen LogP contribution is -2.72. The highest BCUT2D eigenvalue weighted by atomic mass is 35.5. The van der Waals surface area contributed by atoms with E-state index < -0.39 is 35.5 Å². The van der Waals surface area contributed by atoms with E-state index in [1.54, 1.807) is 6.92 Å². The van der Waals surface area contributed by atoms with Gasteiger partial charge in [0.2, 0.25) is 5.60 Å². The predicted octanol–water partition coefficient (Wildman–Crippen LogP) is 6.12. The average molecular weight is 743 g/mol. The fraction of sp³-hybridized carbons (Fsp3) is 0.308. The second kappa shape index (κ2) is 17.0. The van der Waals surface area contributed by atoms with Gasteiger partial charge in [-0.2, -0.15) is 0 Å². The number of benzene rings is 3. The number of nitrogens with two attached hydrogens (primary N) is 1. The maximum absolute atomic E-state index is 14.0. The first kappa shape index (κ1) is 38.2. The van der Waals surface area contributed by atoms with Crippen LogP contribution < -0.4 is 11.1 Å². The lowest BCUT2D eigenvalue weighted by molar-refractivity contribution is -0.155. The van der Waals surface area contributed by atoms with Crippen molar-refractivity contribution in [2.45, 2.75) is 58.2 Å². The number of nitrogens with one attached hydrogen (secondary N) is 1. The molecule has 0 bridgehead atoms. The molecule has 13 heteroatoms. The zero-order valence-corrected chi connectivity index (χ0v) is 31.2. The third-order valence-corrected chi connectivity index (χ3v) is 10.4. The summed E-state index contributed by atoms with van der Waals surface area (Å²) in [7, 11) is 0. The molecule has 3 aromatic carbocycles. The first-order valence-electron chi connectivity index (χ1n) is 17.2. The van der Waals surface area contributed by atoms with E-state index in [1.165, 1.54) is 31.0 Å². The van der Waals surface area contributed by atoms with Crippen LogP contribution in [0.25, 0.3) is 0 Å². The van der Waals surface area contributed by atoms with Crippen LogP contribution in [0.1, 0.15) is 60.9 Å². The first-order valence-corrected chi connectivity index (χ1v) is 18.4. The van der Waals surface area contributed by atoms with Crippen molar-refractivity contribution in [3.05, 3.63) is 129 Å². The minimum atomic E-state index is -1.30. The van der Waals surface area contributed by atoms with Gasteiger partial charge >= 0.3 is 5.97 Å². The molecule has 0 radical (unpaired) electrons. The molecule has 2 amide bonds. The van der Waals surface area contributed by atoms with E-state index in [-0.39, 0.29) is 33.7 Å². The van der Waals surface area contributed by atoms with Gasteiger partial charge in [0.1, 0.15) is 17.4 Å². The minimum absolute atomic E-state index is 0.0974. The highest BCUT2D eigenvalue weighted by molar-refractivity contribution is 7.15. The van der Waals surface area contributed by atoms with Gasteiger partial charge in [0.15, 0.2) is 10.8 Å². The molecule has 11 nitrogen and oxygen atoms in total. The fourth-order valence-corrected chi connectivity index (χ4v) is 7.49. The molecule has 1 aromatic heterocycles. The molecule has 2 atom stereocenters. The van der Waals surface area contributed by atoms with Gasteiger partial charge in [-0.05, 0) is 39.4 Å². The number of aryl methyl sites for hydroxylation is 1. The van der Waals surface area contributed by atoms with Crippen LogP contribution in [0.15, 0.2) is 107 Å². The summed E-state index contributed by atoms with van der Waals surface area (Å²) in [5.74, 6) is -2.60. The molecular formula is C39H43ClN6O5S. The summed E-state index contributed by atoms with van der Waals surface area (Å²) in [5.41, 5.74) is 6.79. The molecule has 3 heterocycles. The average Bonchev–Trinajstić information content (AvgIpc) is 3.50. The molecule has 0 spiro atoms. The van der Waals surface area contributed by atoms with Crippen molar-refractivity contribution >= 4 is 51.6 Å². The highest BCUT2D eigenvalue weighted by Crippen LogP contribution is 2.41. The molecule has 272 valence electrons. The van der Waals surface area contributed by atoms with Crippen molar-refractivity contribution in [3.8, 4) is 0 Å². The van der Waals surface area contributed by atoms with Crippen LogP contribution in [0.2, 0.25) is 0 Å². The largest absolute Gasteiger partial charge is 0.477 e. The van der Waals surface area contributed by atoms with Crippen LogP contribution in [0, 0.1) is 6.92 Å². The van der Waals surface area contributed by atoms with E-state index in [4.69, 9.17) is 22.2 Å². The topological polar surface area (TPSA) is 150 Å². The zero-order valence-electron chi connectivity index (χ0n) is 29.6. The highest BCUT2D eigenvalue weighted by Gasteiger charge is 2.53. The Morgan fingerprint density at radius 3 is 1.88 bits per heavy atom. The maximum atomic E-state index is 14.0. The summed E-state index contributed by atoms with van der Waals surface area (Å²) in [6.07, 6.45) is 0.653. The summed E-state index contributed by atoms with van der Waals surface area (Å²) in [6, 6.07) is 27.0. The summed E-state index contributed by atoms with van der Waals surface area (Å²) in [4.78, 5) is 54.0. The second-order valence-electron chi connectivity index (χ2n) is 12.2. The number of fused-ring (bicyclic) bond motifs is 1. The number of nitrogen functional groups attached to an aromatic ring is 1. The molecule has 2 aliphatic heterocycles. The molecular weight excluding hydrogens is 700 g/mol. The van der Waals surface area contributed by atoms with Gasteiger partial charge in [-0.25, -0.2) is 9.78 Å². The quantitative estimate of drug-likeness (QED) is 0.0681. The van der Waals surface area contributed by atoms with Crippen molar-refractivity contribution in [2.24, 2.45) is 5.16 Å². The van der Waals surface area contributed by atoms with Gasteiger partial charge in [0.05, 0.1) is 6.04 Å². The number of carbonyl (C=O) groups is 3. The van der Waals surface area contributed by atoms with E-state index >= 15 is 0 Å². The number of rotatable bonds is 12. The van der Waals surface area contributed by atoms with Gasteiger partial charge < -0.3 is 25.9 Å². The van der Waals surface area contributed by atoms with E-state index in [2.05, 4.69) is 41.1 Å². The maximum Gasteiger partial charge on any atom is 0.353 e. The number of carbonyl (C=O) groups excluding carboxylic acids is 2. The van der Waals surface area contributed by atoms with Crippen molar-refractivity contribution < 1.29 is 24.3 Å². The van der Waals surface area contributed by atoms with Crippen molar-refractivity contribution in [1.82, 2.24) is 20.1 Å². The lowest BCUT2D eigenvalue weighted by atomic mass is 9.80. The first-order chi connectivity index (χ1) is 25.1. The number of allylic oxidation sites excluding steroid dienone is 1. The van der Waals surface area contributed by atoms with Crippen molar-refractivity contribution in [3.63, 3.8) is 0 Å². The Hall–Kier alpha value is -5.04. The number of hydrogen-bond acceptors (Lipinski definition) is 9. The zero-order chi connectivity index (χ0) is 37.4. The summed E-state index contributed by atoms with van der Waals surface area (Å²) in [6.45, 7) is 11.9. The van der Waals surface area contributed by atoms with Gasteiger partial charge in [0, 0.05) is 26.6 Å².